The van der Waals surface area contributed by atoms with Crippen LogP contribution in [0.4, 0.5) is 0 Å². The molecular formula is C15H25NOS. The second kappa shape index (κ2) is 6.60. The molecule has 0 aliphatic rings. The quantitative estimate of drug-likeness (QED) is 0.656. The van der Waals surface area contributed by atoms with E-state index in [0.29, 0.717) is 0 Å². The summed E-state index contributed by atoms with van der Waals surface area (Å²) in [6.45, 7) is 11.0. The smallest absolute Gasteiger partial charge is 0.136 e. The largest absolute Gasteiger partial charge is 0.598 e. The van der Waals surface area contributed by atoms with Gasteiger partial charge >= 0.3 is 0 Å². The van der Waals surface area contributed by atoms with Crippen LogP contribution in [0, 0.1) is 13.8 Å². The summed E-state index contributed by atoms with van der Waals surface area (Å²) in [5.74, 6) is 0. The molecule has 0 spiro atoms. The van der Waals surface area contributed by atoms with Crippen molar-refractivity contribution in [3.8, 4) is 0 Å². The molecule has 0 saturated carbocycles. The lowest BCUT2D eigenvalue weighted by molar-refractivity contribution is 0.542. The first-order chi connectivity index (χ1) is 8.30. The highest BCUT2D eigenvalue weighted by atomic mass is 32.2. The van der Waals surface area contributed by atoms with E-state index in [1.165, 1.54) is 16.7 Å². The van der Waals surface area contributed by atoms with Crippen LogP contribution in [-0.2, 0) is 17.8 Å². The maximum absolute atomic E-state index is 11.8. The molecule has 0 radical (unpaired) electrons. The fraction of sp³-hybridized carbons (Fsp3) is 0.600. The van der Waals surface area contributed by atoms with Crippen LogP contribution >= 0.6 is 0 Å². The van der Waals surface area contributed by atoms with E-state index >= 15 is 0 Å². The van der Waals surface area contributed by atoms with Gasteiger partial charge < -0.3 is 4.55 Å². The molecule has 0 aliphatic heterocycles. The predicted octanol–water partition coefficient (Wildman–Crippen LogP) is 3.29. The Kier molecular flexibility index (Phi) is 5.70. The first-order valence-electron chi connectivity index (χ1n) is 6.52. The van der Waals surface area contributed by atoms with E-state index in [-0.39, 0.29) is 4.75 Å². The van der Waals surface area contributed by atoms with Gasteiger partial charge in [-0.2, -0.15) is 0 Å². The molecule has 0 amide bonds. The van der Waals surface area contributed by atoms with E-state index in [0.717, 1.165) is 19.4 Å². The van der Waals surface area contributed by atoms with E-state index in [2.05, 4.69) is 36.8 Å². The highest BCUT2D eigenvalue weighted by Crippen LogP contribution is 2.14. The second-order valence-corrected chi connectivity index (χ2v) is 7.86. The van der Waals surface area contributed by atoms with Crippen molar-refractivity contribution in [3.05, 3.63) is 34.9 Å². The van der Waals surface area contributed by atoms with Gasteiger partial charge in [0.05, 0.1) is 0 Å². The summed E-state index contributed by atoms with van der Waals surface area (Å²) in [4.78, 5) is 0. The number of aryl methyl sites for hydroxylation is 3. The second-order valence-electron chi connectivity index (χ2n) is 5.81. The van der Waals surface area contributed by atoms with Gasteiger partial charge in [-0.05, 0) is 58.6 Å². The maximum Gasteiger partial charge on any atom is 0.136 e. The third-order valence-electron chi connectivity index (χ3n) is 2.92. The number of hydrogen-bond acceptors (Lipinski definition) is 2. The lowest BCUT2D eigenvalue weighted by Crippen LogP contribution is -2.39. The Labute approximate surface area is 114 Å². The lowest BCUT2D eigenvalue weighted by atomic mass is 10.0. The molecule has 1 aromatic rings. The normalized spacial score (nSPS) is 13.7. The van der Waals surface area contributed by atoms with Gasteiger partial charge in [-0.1, -0.05) is 23.8 Å². The van der Waals surface area contributed by atoms with Crippen molar-refractivity contribution in [2.24, 2.45) is 0 Å². The van der Waals surface area contributed by atoms with Crippen molar-refractivity contribution in [1.82, 2.24) is 4.72 Å². The summed E-state index contributed by atoms with van der Waals surface area (Å²) in [5.41, 5.74) is 4.05. The van der Waals surface area contributed by atoms with Crippen LogP contribution in [0.5, 0.6) is 0 Å². The SMILES string of the molecule is Cc1ccc(C)c(CCCN[S+]([O-])C(C)(C)C)c1. The summed E-state index contributed by atoms with van der Waals surface area (Å²) < 4.78 is 14.7. The maximum atomic E-state index is 11.8. The van der Waals surface area contributed by atoms with E-state index in [4.69, 9.17) is 0 Å². The van der Waals surface area contributed by atoms with E-state index < -0.39 is 11.4 Å². The van der Waals surface area contributed by atoms with Gasteiger partial charge in [0, 0.05) is 17.9 Å². The zero-order valence-electron chi connectivity index (χ0n) is 12.2. The summed E-state index contributed by atoms with van der Waals surface area (Å²) in [7, 11) is 0. The van der Waals surface area contributed by atoms with Crippen LogP contribution in [-0.4, -0.2) is 15.8 Å². The average molecular weight is 267 g/mol. The van der Waals surface area contributed by atoms with Crippen molar-refractivity contribution >= 4 is 11.4 Å². The molecule has 0 fully saturated rings. The Morgan fingerprint density at radius 3 is 2.50 bits per heavy atom. The standard InChI is InChI=1S/C15H25NOS/c1-12-8-9-13(2)14(11-12)7-6-10-16-18(17)15(3,4)5/h8-9,11,16H,6-7,10H2,1-5H3. The van der Waals surface area contributed by atoms with Crippen LogP contribution in [0.3, 0.4) is 0 Å². The molecule has 1 rings (SSSR count). The zero-order chi connectivity index (χ0) is 13.8. The fourth-order valence-corrected chi connectivity index (χ4v) is 2.49. The predicted molar refractivity (Wildman–Crippen MR) is 80.1 cm³/mol. The van der Waals surface area contributed by atoms with Gasteiger partial charge in [-0.25, -0.2) is 0 Å². The number of nitrogens with one attached hydrogen (secondary N) is 1. The molecule has 1 unspecified atom stereocenters. The van der Waals surface area contributed by atoms with Crippen molar-refractivity contribution < 1.29 is 4.55 Å². The topological polar surface area (TPSA) is 35.1 Å². The first-order valence-corrected chi connectivity index (χ1v) is 7.67. The Hall–Kier alpha value is -0.510. The van der Waals surface area contributed by atoms with E-state index in [9.17, 15) is 4.55 Å². The summed E-state index contributed by atoms with van der Waals surface area (Å²) >= 11 is -0.955. The highest BCUT2D eigenvalue weighted by molar-refractivity contribution is 7.90. The molecular weight excluding hydrogens is 242 g/mol. The molecule has 0 aromatic heterocycles. The fourth-order valence-electron chi connectivity index (χ4n) is 1.73. The van der Waals surface area contributed by atoms with Gasteiger partial charge in [-0.3, -0.25) is 0 Å². The van der Waals surface area contributed by atoms with Crippen LogP contribution in [0.1, 0.15) is 43.9 Å². The molecule has 1 atom stereocenters. The molecule has 0 bridgehead atoms. The number of benzene rings is 1. The molecule has 1 N–H and O–H groups in total. The van der Waals surface area contributed by atoms with Crippen molar-refractivity contribution in [2.45, 2.75) is 52.2 Å². The van der Waals surface area contributed by atoms with E-state index in [1.807, 2.05) is 20.8 Å². The average Bonchev–Trinajstić information content (AvgIpc) is 2.27. The van der Waals surface area contributed by atoms with Gasteiger partial charge in [0.15, 0.2) is 0 Å². The first kappa shape index (κ1) is 15.5. The van der Waals surface area contributed by atoms with Crippen molar-refractivity contribution in [2.75, 3.05) is 6.54 Å². The minimum atomic E-state index is -0.955. The monoisotopic (exact) mass is 267 g/mol. The molecule has 3 heteroatoms. The van der Waals surface area contributed by atoms with Gasteiger partial charge in [0.1, 0.15) is 4.75 Å². The third kappa shape index (κ3) is 5.01. The van der Waals surface area contributed by atoms with E-state index in [1.54, 1.807) is 0 Å². The molecule has 102 valence electrons. The zero-order valence-corrected chi connectivity index (χ0v) is 13.0. The van der Waals surface area contributed by atoms with Gasteiger partial charge in [0.25, 0.3) is 0 Å². The lowest BCUT2D eigenvalue weighted by Gasteiger charge is -2.23. The van der Waals surface area contributed by atoms with Gasteiger partial charge in [0.2, 0.25) is 0 Å². The minimum absolute atomic E-state index is 0.181. The Morgan fingerprint density at radius 1 is 1.22 bits per heavy atom. The molecule has 0 saturated heterocycles. The Bertz CT molecular complexity index is 385. The molecule has 0 heterocycles. The Morgan fingerprint density at radius 2 is 1.89 bits per heavy atom. The third-order valence-corrected chi connectivity index (χ3v) is 4.50. The van der Waals surface area contributed by atoms with Crippen LogP contribution in [0.15, 0.2) is 18.2 Å². The summed E-state index contributed by atoms with van der Waals surface area (Å²) in [6, 6.07) is 6.56. The van der Waals surface area contributed by atoms with Crippen LogP contribution in [0.2, 0.25) is 0 Å². The van der Waals surface area contributed by atoms with Gasteiger partial charge in [-0.15, -0.1) is 4.72 Å². The molecule has 2 nitrogen and oxygen atoms in total. The minimum Gasteiger partial charge on any atom is -0.598 e. The molecule has 1 aromatic carbocycles. The number of hydrogen-bond donors (Lipinski definition) is 1. The number of rotatable bonds is 5. The highest BCUT2D eigenvalue weighted by Gasteiger charge is 2.25. The Balaban J connectivity index is 2.36. The van der Waals surface area contributed by atoms with Crippen LogP contribution in [0.25, 0.3) is 0 Å². The van der Waals surface area contributed by atoms with Crippen molar-refractivity contribution in [3.63, 3.8) is 0 Å². The summed E-state index contributed by atoms with van der Waals surface area (Å²) in [5, 5.41) is 0. The molecule has 18 heavy (non-hydrogen) atoms. The summed E-state index contributed by atoms with van der Waals surface area (Å²) in [6.07, 6.45) is 2.06. The van der Waals surface area contributed by atoms with Crippen molar-refractivity contribution in [1.29, 1.82) is 0 Å². The van der Waals surface area contributed by atoms with Crippen LogP contribution < -0.4 is 4.72 Å². The molecule has 0 aliphatic carbocycles.